The van der Waals surface area contributed by atoms with E-state index in [9.17, 15) is 9.90 Å². The number of hydrogen-bond donors (Lipinski definition) is 1. The number of rotatable bonds is 28. The molecule has 7 nitrogen and oxygen atoms in total. The molecule has 1 rings (SSSR count). The van der Waals surface area contributed by atoms with E-state index in [4.69, 9.17) is 18.9 Å². The Morgan fingerprint density at radius 3 is 1.48 bits per heavy atom. The molecule has 1 aliphatic rings. The van der Waals surface area contributed by atoms with Crippen LogP contribution >= 0.6 is 0 Å². The van der Waals surface area contributed by atoms with Crippen molar-refractivity contribution < 1.29 is 28.8 Å². The molecule has 1 fully saturated rings. The minimum atomic E-state index is -1.07. The minimum Gasteiger partial charge on any atom is -0.462 e. The molecule has 1 heterocycles. The van der Waals surface area contributed by atoms with Crippen molar-refractivity contribution in [3.8, 4) is 0 Å². The van der Waals surface area contributed by atoms with Gasteiger partial charge >= 0.3 is 5.97 Å². The van der Waals surface area contributed by atoms with Crippen LogP contribution < -0.4 is 0 Å². The molecule has 1 aliphatic heterocycles. The maximum atomic E-state index is 12.1. The van der Waals surface area contributed by atoms with Crippen LogP contribution in [0.3, 0.4) is 0 Å². The Labute approximate surface area is 247 Å². The van der Waals surface area contributed by atoms with Gasteiger partial charge in [-0.2, -0.15) is 0 Å². The van der Waals surface area contributed by atoms with Crippen LogP contribution in [0.4, 0.5) is 0 Å². The number of esters is 1. The summed E-state index contributed by atoms with van der Waals surface area (Å²) < 4.78 is 23.5. The van der Waals surface area contributed by atoms with Gasteiger partial charge < -0.3 is 24.1 Å². The van der Waals surface area contributed by atoms with Crippen LogP contribution in [-0.2, 0) is 23.7 Å². The molecule has 1 saturated heterocycles. The van der Waals surface area contributed by atoms with Crippen LogP contribution in [0, 0.1) is 0 Å². The Balaban J connectivity index is 2.35. The number of aliphatic hydroxyl groups is 1. The monoisotopic (exact) mass is 571 g/mol. The maximum absolute atomic E-state index is 12.1. The lowest BCUT2D eigenvalue weighted by atomic mass is 10.1. The molecule has 0 aliphatic carbocycles. The van der Waals surface area contributed by atoms with Gasteiger partial charge in [0.1, 0.15) is 24.9 Å². The third kappa shape index (κ3) is 19.4. The minimum absolute atomic E-state index is 0.0601. The maximum Gasteiger partial charge on any atom is 0.320 e. The van der Waals surface area contributed by atoms with E-state index >= 15 is 0 Å². The fourth-order valence-corrected chi connectivity index (χ4v) is 5.32. The van der Waals surface area contributed by atoms with E-state index in [0.29, 0.717) is 13.2 Å². The van der Waals surface area contributed by atoms with E-state index in [1.54, 1.807) is 4.90 Å². The van der Waals surface area contributed by atoms with Crippen LogP contribution in [0.2, 0.25) is 0 Å². The normalized spacial score (nSPS) is 20.9. The predicted octanol–water partition coefficient (Wildman–Crippen LogP) is 7.42. The summed E-state index contributed by atoms with van der Waals surface area (Å²) in [6, 6.07) is 0. The number of aliphatic hydroxyl groups excluding tert-OH is 1. The second-order valence-corrected chi connectivity index (χ2v) is 12.0. The highest BCUT2D eigenvalue weighted by Crippen LogP contribution is 2.27. The lowest BCUT2D eigenvalue weighted by Crippen LogP contribution is -2.40. The Hall–Kier alpha value is -0.730. The van der Waals surface area contributed by atoms with Crippen LogP contribution in [0.5, 0.6) is 0 Å². The lowest BCUT2D eigenvalue weighted by molar-refractivity contribution is -0.161. The zero-order chi connectivity index (χ0) is 29.3. The molecule has 238 valence electrons. The second-order valence-electron chi connectivity index (χ2n) is 12.0. The molecule has 0 aromatic carbocycles. The van der Waals surface area contributed by atoms with Crippen molar-refractivity contribution in [2.45, 2.75) is 167 Å². The highest BCUT2D eigenvalue weighted by molar-refractivity contribution is 5.71. The van der Waals surface area contributed by atoms with Crippen molar-refractivity contribution in [3.05, 3.63) is 0 Å². The summed E-state index contributed by atoms with van der Waals surface area (Å²) in [5.41, 5.74) is 0. The third-order valence-corrected chi connectivity index (χ3v) is 7.76. The quantitative estimate of drug-likeness (QED) is 0.0773. The molecular weight excluding hydrogens is 506 g/mol. The summed E-state index contributed by atoms with van der Waals surface area (Å²) in [6.45, 7) is 5.95. The molecule has 0 aromatic heterocycles. The molecule has 0 spiro atoms. The Morgan fingerprint density at radius 2 is 1.05 bits per heavy atom. The third-order valence-electron chi connectivity index (χ3n) is 7.76. The Kier molecular flexibility index (Phi) is 24.2. The summed E-state index contributed by atoms with van der Waals surface area (Å²) in [4.78, 5) is 13.8. The summed E-state index contributed by atoms with van der Waals surface area (Å²) in [5, 5.41) is 10.6. The Bertz CT molecular complexity index is 575. The number of hydrogen-bond acceptors (Lipinski definition) is 7. The molecule has 4 atom stereocenters. The van der Waals surface area contributed by atoms with Gasteiger partial charge in [-0.15, -0.1) is 0 Å². The summed E-state index contributed by atoms with van der Waals surface area (Å²) in [7, 11) is 3.65. The Morgan fingerprint density at radius 1 is 0.650 bits per heavy atom. The van der Waals surface area contributed by atoms with E-state index in [1.165, 1.54) is 103 Å². The number of ether oxygens (including phenoxy) is 4. The van der Waals surface area contributed by atoms with Gasteiger partial charge in [0.15, 0.2) is 6.29 Å². The van der Waals surface area contributed by atoms with Gasteiger partial charge in [-0.05, 0) is 26.9 Å². The number of carbonyl (C=O) groups is 1. The average molecular weight is 572 g/mol. The van der Waals surface area contributed by atoms with Crippen LogP contribution in [0.15, 0.2) is 0 Å². The van der Waals surface area contributed by atoms with E-state index in [2.05, 4.69) is 13.8 Å². The van der Waals surface area contributed by atoms with Crippen LogP contribution in [0.25, 0.3) is 0 Å². The molecule has 0 radical (unpaired) electrons. The molecule has 1 unspecified atom stereocenters. The number of nitrogens with zero attached hydrogens (tertiary/aromatic N) is 1. The first-order chi connectivity index (χ1) is 19.5. The first-order valence-electron chi connectivity index (χ1n) is 16.9. The standard InChI is InChI=1S/C33H65NO6/c1-5-7-9-11-13-15-17-19-21-23-25-37-31-29(28-39-30(35)27-34(3)4)40-33(36)32(31)38-26-24-22-20-18-16-14-12-10-8-6-2/h29,31-33,36H,5-28H2,1-4H3/t29-,31?,32+,33-/m1/s1. The number of likely N-dealkylation sites (N-methyl/N-ethyl adjacent to an activating group) is 1. The SMILES string of the molecule is CCCCCCCCCCCCOC1[C@@H](COC(=O)CN(C)C)O[C@@H](O)[C@H]1OCCCCCCCCCCCC. The molecule has 0 saturated carbocycles. The van der Waals surface area contributed by atoms with Crippen molar-refractivity contribution >= 4 is 5.97 Å². The zero-order valence-electron chi connectivity index (χ0n) is 26.7. The fraction of sp³-hybridized carbons (Fsp3) is 0.970. The topological polar surface area (TPSA) is 77.5 Å². The van der Waals surface area contributed by atoms with Crippen molar-refractivity contribution in [2.24, 2.45) is 0 Å². The van der Waals surface area contributed by atoms with Gasteiger partial charge in [-0.1, -0.05) is 129 Å². The first-order valence-corrected chi connectivity index (χ1v) is 16.9. The molecule has 40 heavy (non-hydrogen) atoms. The predicted molar refractivity (Wildman–Crippen MR) is 164 cm³/mol. The lowest BCUT2D eigenvalue weighted by Gasteiger charge is -2.24. The van der Waals surface area contributed by atoms with Crippen molar-refractivity contribution in [2.75, 3.05) is 40.5 Å². The summed E-state index contributed by atoms with van der Waals surface area (Å²) >= 11 is 0. The number of unbranched alkanes of at least 4 members (excludes halogenated alkanes) is 18. The molecular formula is C33H65NO6. The molecule has 1 N–H and O–H groups in total. The van der Waals surface area contributed by atoms with E-state index in [-0.39, 0.29) is 19.1 Å². The van der Waals surface area contributed by atoms with Gasteiger partial charge in [0.25, 0.3) is 0 Å². The molecule has 0 bridgehead atoms. The smallest absolute Gasteiger partial charge is 0.320 e. The molecule has 7 heteroatoms. The second kappa shape index (κ2) is 25.9. The first kappa shape index (κ1) is 37.3. The summed E-state index contributed by atoms with van der Waals surface area (Å²) in [5.74, 6) is -0.314. The molecule has 0 amide bonds. The fourth-order valence-electron chi connectivity index (χ4n) is 5.32. The van der Waals surface area contributed by atoms with E-state index < -0.39 is 24.6 Å². The van der Waals surface area contributed by atoms with Gasteiger partial charge in [0, 0.05) is 13.2 Å². The van der Waals surface area contributed by atoms with E-state index in [0.717, 1.165) is 25.7 Å². The van der Waals surface area contributed by atoms with Crippen molar-refractivity contribution in [1.29, 1.82) is 0 Å². The van der Waals surface area contributed by atoms with Gasteiger partial charge in [-0.3, -0.25) is 9.69 Å². The van der Waals surface area contributed by atoms with Gasteiger partial charge in [0.05, 0.1) is 6.54 Å². The zero-order valence-corrected chi connectivity index (χ0v) is 26.7. The largest absolute Gasteiger partial charge is 0.462 e. The van der Waals surface area contributed by atoms with Crippen LogP contribution in [-0.4, -0.2) is 81.0 Å². The molecule has 0 aromatic rings. The highest BCUT2D eigenvalue weighted by Gasteiger charge is 2.46. The number of carbonyl (C=O) groups excluding carboxylic acids is 1. The average Bonchev–Trinajstić information content (AvgIpc) is 3.22. The van der Waals surface area contributed by atoms with E-state index in [1.807, 2.05) is 14.1 Å². The van der Waals surface area contributed by atoms with Crippen LogP contribution in [0.1, 0.15) is 142 Å². The van der Waals surface area contributed by atoms with Gasteiger partial charge in [-0.25, -0.2) is 0 Å². The van der Waals surface area contributed by atoms with Gasteiger partial charge in [0.2, 0.25) is 0 Å². The van der Waals surface area contributed by atoms with Crippen molar-refractivity contribution in [3.63, 3.8) is 0 Å². The highest BCUT2D eigenvalue weighted by atomic mass is 16.7. The van der Waals surface area contributed by atoms with Crippen molar-refractivity contribution in [1.82, 2.24) is 4.90 Å². The summed E-state index contributed by atoms with van der Waals surface area (Å²) in [6.07, 6.45) is 22.8.